The van der Waals surface area contributed by atoms with Gasteiger partial charge in [-0.3, -0.25) is 4.79 Å². The Morgan fingerprint density at radius 3 is 2.59 bits per heavy atom. The maximum atomic E-state index is 12.0. The van der Waals surface area contributed by atoms with Gasteiger partial charge in [-0.25, -0.2) is 5.43 Å². The fourth-order valence-electron chi connectivity index (χ4n) is 1.93. The first kappa shape index (κ1) is 15.3. The summed E-state index contributed by atoms with van der Waals surface area (Å²) >= 11 is 0. The summed E-state index contributed by atoms with van der Waals surface area (Å²) in [5, 5.41) is 13.1. The number of hydrazone groups is 1. The highest BCUT2D eigenvalue weighted by Gasteiger charge is 2.19. The van der Waals surface area contributed by atoms with Crippen molar-refractivity contribution in [3.8, 4) is 11.8 Å². The first-order chi connectivity index (χ1) is 10.8. The van der Waals surface area contributed by atoms with Crippen molar-refractivity contribution in [1.29, 1.82) is 5.26 Å². The third kappa shape index (κ3) is 3.70. The zero-order valence-electron chi connectivity index (χ0n) is 12.1. The minimum atomic E-state index is -0.893. The van der Waals surface area contributed by atoms with Crippen LogP contribution in [0, 0.1) is 11.3 Å². The Labute approximate surface area is 128 Å². The van der Waals surface area contributed by atoms with Crippen LogP contribution in [0.15, 0.2) is 59.7 Å². The molecule has 0 unspecified atom stereocenters. The van der Waals surface area contributed by atoms with Crippen LogP contribution in [0.25, 0.3) is 0 Å². The van der Waals surface area contributed by atoms with E-state index in [0.29, 0.717) is 11.3 Å². The van der Waals surface area contributed by atoms with Gasteiger partial charge in [-0.1, -0.05) is 42.5 Å². The summed E-state index contributed by atoms with van der Waals surface area (Å²) in [6.45, 7) is 0. The maximum Gasteiger partial charge on any atom is 0.261 e. The van der Waals surface area contributed by atoms with Gasteiger partial charge in [0.05, 0.1) is 19.4 Å². The molecule has 2 rings (SSSR count). The fourth-order valence-corrected chi connectivity index (χ4v) is 1.93. The monoisotopic (exact) mass is 293 g/mol. The molecule has 0 fully saturated rings. The molecule has 2 aromatic rings. The van der Waals surface area contributed by atoms with Crippen molar-refractivity contribution in [2.75, 3.05) is 7.11 Å². The minimum Gasteiger partial charge on any atom is -0.496 e. The summed E-state index contributed by atoms with van der Waals surface area (Å²) in [5.74, 6) is -0.712. The van der Waals surface area contributed by atoms with E-state index in [4.69, 9.17) is 10.00 Å². The minimum absolute atomic E-state index is 0.472. The van der Waals surface area contributed by atoms with E-state index in [1.807, 2.05) is 30.3 Å². The molecule has 1 N–H and O–H groups in total. The van der Waals surface area contributed by atoms with E-state index in [1.54, 1.807) is 37.4 Å². The van der Waals surface area contributed by atoms with E-state index in [0.717, 1.165) is 5.56 Å². The number of methoxy groups -OCH3 is 1. The van der Waals surface area contributed by atoms with Crippen LogP contribution in [0.3, 0.4) is 0 Å². The lowest BCUT2D eigenvalue weighted by Gasteiger charge is -2.07. The van der Waals surface area contributed by atoms with Gasteiger partial charge in [-0.05, 0) is 17.7 Å². The molecular formula is C17H15N3O2. The SMILES string of the molecule is COc1ccccc1/C=N\NC(=O)[C@@H](C#N)c1ccccc1. The molecule has 0 spiro atoms. The Bertz CT molecular complexity index is 705. The molecular weight excluding hydrogens is 278 g/mol. The van der Waals surface area contributed by atoms with E-state index in [1.165, 1.54) is 6.21 Å². The second kappa shape index (κ2) is 7.60. The lowest BCUT2D eigenvalue weighted by atomic mass is 10.0. The van der Waals surface area contributed by atoms with Gasteiger partial charge in [0.15, 0.2) is 5.92 Å². The summed E-state index contributed by atoms with van der Waals surface area (Å²) in [5.41, 5.74) is 3.75. The molecule has 0 bridgehead atoms. The molecule has 5 nitrogen and oxygen atoms in total. The third-order valence-corrected chi connectivity index (χ3v) is 3.04. The molecule has 0 aliphatic carbocycles. The van der Waals surface area contributed by atoms with Gasteiger partial charge < -0.3 is 4.74 Å². The number of benzene rings is 2. The maximum absolute atomic E-state index is 12.0. The molecule has 0 aliphatic heterocycles. The van der Waals surface area contributed by atoms with Crippen molar-refractivity contribution in [3.63, 3.8) is 0 Å². The van der Waals surface area contributed by atoms with Gasteiger partial charge in [0.2, 0.25) is 0 Å². The molecule has 0 aromatic heterocycles. The number of carbonyl (C=O) groups excluding carboxylic acids is 1. The number of nitrogens with zero attached hydrogens (tertiary/aromatic N) is 2. The van der Waals surface area contributed by atoms with Crippen LogP contribution >= 0.6 is 0 Å². The van der Waals surface area contributed by atoms with Crippen molar-refractivity contribution in [2.24, 2.45) is 5.10 Å². The van der Waals surface area contributed by atoms with E-state index < -0.39 is 11.8 Å². The molecule has 0 saturated heterocycles. The average Bonchev–Trinajstić information content (AvgIpc) is 2.57. The van der Waals surface area contributed by atoms with Gasteiger partial charge in [0.1, 0.15) is 5.75 Å². The van der Waals surface area contributed by atoms with Crippen molar-refractivity contribution in [2.45, 2.75) is 5.92 Å². The topological polar surface area (TPSA) is 74.5 Å². The molecule has 1 atom stereocenters. The molecule has 110 valence electrons. The second-order valence-electron chi connectivity index (χ2n) is 4.45. The zero-order valence-corrected chi connectivity index (χ0v) is 12.1. The zero-order chi connectivity index (χ0) is 15.8. The van der Waals surface area contributed by atoms with Gasteiger partial charge in [-0.15, -0.1) is 0 Å². The Kier molecular flexibility index (Phi) is 5.27. The largest absolute Gasteiger partial charge is 0.496 e. The Morgan fingerprint density at radius 2 is 1.91 bits per heavy atom. The Morgan fingerprint density at radius 1 is 1.23 bits per heavy atom. The number of hydrogen-bond acceptors (Lipinski definition) is 4. The predicted octanol–water partition coefficient (Wildman–Crippen LogP) is 2.45. The van der Waals surface area contributed by atoms with Gasteiger partial charge in [-0.2, -0.15) is 10.4 Å². The summed E-state index contributed by atoms with van der Waals surface area (Å²) < 4.78 is 5.18. The van der Waals surface area contributed by atoms with E-state index in [2.05, 4.69) is 10.5 Å². The summed E-state index contributed by atoms with van der Waals surface area (Å²) in [7, 11) is 1.56. The molecule has 22 heavy (non-hydrogen) atoms. The molecule has 0 heterocycles. The molecule has 2 aromatic carbocycles. The number of para-hydroxylation sites is 1. The van der Waals surface area contributed by atoms with Gasteiger partial charge in [0, 0.05) is 5.56 Å². The van der Waals surface area contributed by atoms with Crippen LogP contribution in [-0.2, 0) is 4.79 Å². The fraction of sp³-hybridized carbons (Fsp3) is 0.118. The Hall–Kier alpha value is -3.13. The van der Waals surface area contributed by atoms with Crippen LogP contribution in [-0.4, -0.2) is 19.2 Å². The lowest BCUT2D eigenvalue weighted by molar-refractivity contribution is -0.121. The molecule has 5 heteroatoms. The number of rotatable bonds is 5. The van der Waals surface area contributed by atoms with E-state index in [9.17, 15) is 4.79 Å². The normalized spacial score (nSPS) is 11.6. The van der Waals surface area contributed by atoms with E-state index >= 15 is 0 Å². The molecule has 0 saturated carbocycles. The number of carbonyl (C=O) groups is 1. The van der Waals surface area contributed by atoms with Gasteiger partial charge in [0.25, 0.3) is 5.91 Å². The average molecular weight is 293 g/mol. The summed E-state index contributed by atoms with van der Waals surface area (Å²) in [6.07, 6.45) is 1.48. The summed E-state index contributed by atoms with van der Waals surface area (Å²) in [4.78, 5) is 12.0. The molecule has 1 amide bonds. The lowest BCUT2D eigenvalue weighted by Crippen LogP contribution is -2.24. The van der Waals surface area contributed by atoms with Crippen molar-refractivity contribution >= 4 is 12.1 Å². The highest BCUT2D eigenvalue weighted by atomic mass is 16.5. The second-order valence-corrected chi connectivity index (χ2v) is 4.45. The number of nitriles is 1. The third-order valence-electron chi connectivity index (χ3n) is 3.04. The van der Waals surface area contributed by atoms with Crippen LogP contribution < -0.4 is 10.2 Å². The first-order valence-corrected chi connectivity index (χ1v) is 6.66. The number of amides is 1. The number of ether oxygens (including phenoxy) is 1. The molecule has 0 radical (unpaired) electrons. The summed E-state index contributed by atoms with van der Waals surface area (Å²) in [6, 6.07) is 18.1. The van der Waals surface area contributed by atoms with Crippen molar-refractivity contribution < 1.29 is 9.53 Å². The van der Waals surface area contributed by atoms with Crippen molar-refractivity contribution in [3.05, 3.63) is 65.7 Å². The van der Waals surface area contributed by atoms with Crippen molar-refractivity contribution in [1.82, 2.24) is 5.43 Å². The van der Waals surface area contributed by atoms with E-state index in [-0.39, 0.29) is 0 Å². The quantitative estimate of drug-likeness (QED) is 0.679. The van der Waals surface area contributed by atoms with Crippen LogP contribution in [0.2, 0.25) is 0 Å². The number of hydrogen-bond donors (Lipinski definition) is 1. The van der Waals surface area contributed by atoms with Crippen LogP contribution in [0.1, 0.15) is 17.0 Å². The predicted molar refractivity (Wildman–Crippen MR) is 83.5 cm³/mol. The first-order valence-electron chi connectivity index (χ1n) is 6.66. The highest BCUT2D eigenvalue weighted by molar-refractivity contribution is 5.88. The van der Waals surface area contributed by atoms with Crippen LogP contribution in [0.4, 0.5) is 0 Å². The van der Waals surface area contributed by atoms with Crippen LogP contribution in [0.5, 0.6) is 5.75 Å². The van der Waals surface area contributed by atoms with Gasteiger partial charge >= 0.3 is 0 Å². The Balaban J connectivity index is 2.06. The molecule has 0 aliphatic rings. The highest BCUT2D eigenvalue weighted by Crippen LogP contribution is 2.16. The number of nitrogens with one attached hydrogen (secondary N) is 1. The smallest absolute Gasteiger partial charge is 0.261 e. The standard InChI is InChI=1S/C17H15N3O2/c1-22-16-10-6-5-9-14(16)12-19-20-17(21)15(11-18)13-7-3-2-4-8-13/h2-10,12,15H,1H3,(H,20,21)/b19-12-/t15-/m0/s1.